The molecule has 1 aromatic heterocycles. The second-order valence-electron chi connectivity index (χ2n) is 5.59. The molecule has 1 aliphatic heterocycles. The van der Waals surface area contributed by atoms with Crippen LogP contribution < -0.4 is 10.1 Å². The Morgan fingerprint density at radius 1 is 1.35 bits per heavy atom. The van der Waals surface area contributed by atoms with Crippen LogP contribution >= 0.6 is 0 Å². The van der Waals surface area contributed by atoms with E-state index >= 15 is 0 Å². The van der Waals surface area contributed by atoms with Crippen LogP contribution in [0.15, 0.2) is 12.1 Å². The van der Waals surface area contributed by atoms with Crippen molar-refractivity contribution in [1.82, 2.24) is 15.5 Å². The largest absolute Gasteiger partial charge is 0.472 e. The van der Waals surface area contributed by atoms with E-state index in [-0.39, 0.29) is 12.9 Å². The molecule has 0 aliphatic carbocycles. The monoisotopic (exact) mass is 237 g/mol. The first-order valence-corrected chi connectivity index (χ1v) is 6.27. The molecule has 2 rings (SSSR count). The fourth-order valence-corrected chi connectivity index (χ4v) is 1.87. The van der Waals surface area contributed by atoms with Crippen molar-refractivity contribution in [2.24, 2.45) is 0 Å². The van der Waals surface area contributed by atoms with Crippen molar-refractivity contribution in [3.05, 3.63) is 17.8 Å². The molecule has 0 bridgehead atoms. The highest BCUT2D eigenvalue weighted by Gasteiger charge is 2.18. The molecule has 4 heteroatoms. The summed E-state index contributed by atoms with van der Waals surface area (Å²) < 4.78 is 5.79. The van der Waals surface area contributed by atoms with Gasteiger partial charge in [-0.2, -0.15) is 5.10 Å². The van der Waals surface area contributed by atoms with Crippen molar-refractivity contribution in [2.75, 3.05) is 13.1 Å². The van der Waals surface area contributed by atoms with Crippen LogP contribution in [0.2, 0.25) is 0 Å². The zero-order valence-corrected chi connectivity index (χ0v) is 10.9. The van der Waals surface area contributed by atoms with Crippen LogP contribution in [0.5, 0.6) is 5.88 Å². The molecular formula is C13H23N3O. The third-order valence-electron chi connectivity index (χ3n) is 2.95. The molecule has 96 valence electrons. The molecule has 4 nitrogen and oxygen atoms in total. The maximum Gasteiger partial charge on any atom is 0.233 e. The third-order valence-corrected chi connectivity index (χ3v) is 2.95. The summed E-state index contributed by atoms with van der Waals surface area (Å²) in [5, 5.41) is 11.7. The smallest absolute Gasteiger partial charge is 0.233 e. The van der Waals surface area contributed by atoms with Crippen molar-refractivity contribution < 1.29 is 6.16 Å². The van der Waals surface area contributed by atoms with Crippen molar-refractivity contribution >= 4 is 0 Å². The van der Waals surface area contributed by atoms with Crippen LogP contribution in [0.25, 0.3) is 0 Å². The number of rotatable bonds is 2. The van der Waals surface area contributed by atoms with E-state index in [0.717, 1.165) is 31.6 Å². The molecule has 1 N–H and O–H groups in total. The van der Waals surface area contributed by atoms with E-state index in [1.165, 1.54) is 0 Å². The Labute approximate surface area is 104 Å². The minimum atomic E-state index is 0. The molecule has 1 unspecified atom stereocenters. The predicted octanol–water partition coefficient (Wildman–Crippen LogP) is 2.15. The Morgan fingerprint density at radius 3 is 2.71 bits per heavy atom. The van der Waals surface area contributed by atoms with Crippen LogP contribution in [0, 0.1) is 0 Å². The van der Waals surface area contributed by atoms with E-state index in [2.05, 4.69) is 36.3 Å². The number of nitrogens with zero attached hydrogens (tertiary/aromatic N) is 2. The quantitative estimate of drug-likeness (QED) is 0.856. The standard InChI is InChI=1S/C13H21N3O.H2/c1-13(2,3)11-6-7-12(16-15-11)17-10-5-4-8-14-9-10;/h6-7,10,14H,4-5,8-9H2,1-3H3;1H. The summed E-state index contributed by atoms with van der Waals surface area (Å²) in [6.45, 7) is 8.38. The topological polar surface area (TPSA) is 47.0 Å². The maximum absolute atomic E-state index is 5.79. The van der Waals surface area contributed by atoms with E-state index in [1.807, 2.05) is 12.1 Å². The van der Waals surface area contributed by atoms with E-state index in [0.29, 0.717) is 5.88 Å². The van der Waals surface area contributed by atoms with Crippen LogP contribution in [0.4, 0.5) is 0 Å². The second kappa shape index (κ2) is 5.00. The molecule has 0 aromatic carbocycles. The van der Waals surface area contributed by atoms with Gasteiger partial charge in [-0.3, -0.25) is 0 Å². The second-order valence-corrected chi connectivity index (χ2v) is 5.59. The van der Waals surface area contributed by atoms with Gasteiger partial charge in [0.1, 0.15) is 6.10 Å². The summed E-state index contributed by atoms with van der Waals surface area (Å²) in [6, 6.07) is 3.92. The molecule has 0 radical (unpaired) electrons. The third kappa shape index (κ3) is 3.40. The highest BCUT2D eigenvalue weighted by atomic mass is 16.5. The number of ether oxygens (including phenoxy) is 1. The first-order valence-electron chi connectivity index (χ1n) is 6.27. The lowest BCUT2D eigenvalue weighted by Gasteiger charge is -2.23. The molecule has 1 aromatic rings. The number of hydrogen-bond donors (Lipinski definition) is 1. The predicted molar refractivity (Wildman–Crippen MR) is 69.4 cm³/mol. The fourth-order valence-electron chi connectivity index (χ4n) is 1.87. The van der Waals surface area contributed by atoms with Crippen molar-refractivity contribution in [1.29, 1.82) is 0 Å². The van der Waals surface area contributed by atoms with E-state index in [4.69, 9.17) is 4.74 Å². The molecular weight excluding hydrogens is 214 g/mol. The Hall–Kier alpha value is -1.16. The van der Waals surface area contributed by atoms with Gasteiger partial charge in [-0.1, -0.05) is 20.8 Å². The van der Waals surface area contributed by atoms with Crippen molar-refractivity contribution in [3.63, 3.8) is 0 Å². The van der Waals surface area contributed by atoms with Crippen LogP contribution in [0.1, 0.15) is 40.7 Å². The maximum atomic E-state index is 5.79. The van der Waals surface area contributed by atoms with Gasteiger partial charge in [-0.25, -0.2) is 0 Å². The molecule has 0 spiro atoms. The first kappa shape index (κ1) is 12.3. The minimum absolute atomic E-state index is 0. The van der Waals surface area contributed by atoms with Gasteiger partial charge in [0.05, 0.1) is 5.69 Å². The highest BCUT2D eigenvalue weighted by molar-refractivity contribution is 5.17. The van der Waals surface area contributed by atoms with Crippen LogP contribution in [0.3, 0.4) is 0 Å². The van der Waals surface area contributed by atoms with E-state index in [9.17, 15) is 0 Å². The van der Waals surface area contributed by atoms with Crippen molar-refractivity contribution in [3.8, 4) is 5.88 Å². The summed E-state index contributed by atoms with van der Waals surface area (Å²) in [4.78, 5) is 0. The Morgan fingerprint density at radius 2 is 2.18 bits per heavy atom. The lowest BCUT2D eigenvalue weighted by Crippen LogP contribution is -2.37. The number of hydrogen-bond acceptors (Lipinski definition) is 4. The van der Waals surface area contributed by atoms with Crippen LogP contribution in [-0.2, 0) is 5.41 Å². The van der Waals surface area contributed by atoms with Gasteiger partial charge >= 0.3 is 0 Å². The lowest BCUT2D eigenvalue weighted by molar-refractivity contribution is 0.158. The molecule has 0 saturated carbocycles. The van der Waals surface area contributed by atoms with Gasteiger partial charge in [-0.05, 0) is 25.5 Å². The number of nitrogens with one attached hydrogen (secondary N) is 1. The average Bonchev–Trinajstić information content (AvgIpc) is 2.30. The Balaban J connectivity index is 0.00000162. The van der Waals surface area contributed by atoms with Gasteiger partial charge in [0, 0.05) is 19.5 Å². The van der Waals surface area contributed by atoms with E-state index in [1.54, 1.807) is 0 Å². The summed E-state index contributed by atoms with van der Waals surface area (Å²) >= 11 is 0. The van der Waals surface area contributed by atoms with Gasteiger partial charge in [0.25, 0.3) is 0 Å². The summed E-state index contributed by atoms with van der Waals surface area (Å²) in [7, 11) is 0. The van der Waals surface area contributed by atoms with E-state index < -0.39 is 0 Å². The summed E-state index contributed by atoms with van der Waals surface area (Å²) in [5.74, 6) is 0.631. The normalized spacial score (nSPS) is 21.2. The SMILES string of the molecule is CC(C)(C)c1ccc(OC2CCCNC2)nn1.[HH]. The van der Waals surface area contributed by atoms with Gasteiger partial charge in [-0.15, -0.1) is 5.10 Å². The van der Waals surface area contributed by atoms with Gasteiger partial charge < -0.3 is 10.1 Å². The molecule has 1 fully saturated rings. The average molecular weight is 237 g/mol. The summed E-state index contributed by atoms with van der Waals surface area (Å²) in [5.41, 5.74) is 1.03. The Bertz CT molecular complexity index is 355. The van der Waals surface area contributed by atoms with Crippen LogP contribution in [-0.4, -0.2) is 29.4 Å². The Kier molecular flexibility index (Phi) is 3.62. The zero-order valence-electron chi connectivity index (χ0n) is 10.9. The lowest BCUT2D eigenvalue weighted by atomic mass is 9.92. The minimum Gasteiger partial charge on any atom is -0.472 e. The first-order chi connectivity index (χ1) is 8.05. The number of aromatic nitrogens is 2. The zero-order chi connectivity index (χ0) is 12.3. The molecule has 1 atom stereocenters. The molecule has 1 saturated heterocycles. The van der Waals surface area contributed by atoms with Crippen molar-refractivity contribution in [2.45, 2.75) is 45.1 Å². The summed E-state index contributed by atoms with van der Waals surface area (Å²) in [6.07, 6.45) is 2.49. The molecule has 1 aliphatic rings. The molecule has 0 amide bonds. The fraction of sp³-hybridized carbons (Fsp3) is 0.692. The van der Waals surface area contributed by atoms with Gasteiger partial charge in [0.15, 0.2) is 0 Å². The number of piperidine rings is 1. The van der Waals surface area contributed by atoms with Gasteiger partial charge in [0.2, 0.25) is 5.88 Å². The highest BCUT2D eigenvalue weighted by Crippen LogP contribution is 2.20. The molecule has 2 heterocycles. The molecule has 17 heavy (non-hydrogen) atoms.